The molecule has 0 unspecified atom stereocenters. The number of rotatable bonds is 15. The molecule has 4 rings (SSSR count). The fourth-order valence-electron chi connectivity index (χ4n) is 6.38. The Morgan fingerprint density at radius 2 is 1.50 bits per heavy atom. The molecular formula is C41H54N4O7. The first-order valence-electron chi connectivity index (χ1n) is 17.8. The number of ether oxygens (including phenoxy) is 3. The number of hydrogen-bond donors (Lipinski definition) is 3. The number of guanidine groups is 1. The third-order valence-corrected chi connectivity index (χ3v) is 8.69. The van der Waals surface area contributed by atoms with E-state index in [1.54, 1.807) is 52.1 Å². The van der Waals surface area contributed by atoms with Crippen LogP contribution in [0.15, 0.2) is 77.8 Å². The molecule has 3 aromatic carbocycles. The van der Waals surface area contributed by atoms with Crippen LogP contribution in [-0.4, -0.2) is 78.0 Å². The molecule has 0 fully saturated rings. The second kappa shape index (κ2) is 17.4. The number of aliphatic carboxylic acids is 1. The number of fused-ring (bicyclic) bond motifs is 3. The van der Waals surface area contributed by atoms with Crippen molar-refractivity contribution < 1.29 is 33.7 Å². The number of nitrogens with zero attached hydrogens (tertiary/aromatic N) is 2. The van der Waals surface area contributed by atoms with Crippen molar-refractivity contribution >= 4 is 24.0 Å². The number of aliphatic imine (C=N–C) groups is 1. The molecule has 1 aliphatic carbocycles. The van der Waals surface area contributed by atoms with Crippen LogP contribution in [0.1, 0.15) is 83.4 Å². The maximum Gasteiger partial charge on any atom is 0.411 e. The van der Waals surface area contributed by atoms with Crippen LogP contribution in [0.25, 0.3) is 11.1 Å². The van der Waals surface area contributed by atoms with Gasteiger partial charge in [0.25, 0.3) is 0 Å². The Kier molecular flexibility index (Phi) is 13.3. The van der Waals surface area contributed by atoms with Gasteiger partial charge in [-0.05, 0) is 100 Å². The molecule has 11 heteroatoms. The number of carboxylic acids is 1. The van der Waals surface area contributed by atoms with Gasteiger partial charge in [0, 0.05) is 32.5 Å². The Bertz CT molecular complexity index is 1660. The van der Waals surface area contributed by atoms with Gasteiger partial charge >= 0.3 is 18.0 Å². The summed E-state index contributed by atoms with van der Waals surface area (Å²) < 4.78 is 17.6. The van der Waals surface area contributed by atoms with Crippen molar-refractivity contribution in [1.29, 1.82) is 0 Å². The first-order chi connectivity index (χ1) is 24.5. The summed E-state index contributed by atoms with van der Waals surface area (Å²) in [6.07, 6.45) is 0.265. The molecule has 1 aliphatic rings. The van der Waals surface area contributed by atoms with Gasteiger partial charge in [0.05, 0.1) is 6.42 Å². The van der Waals surface area contributed by atoms with Crippen molar-refractivity contribution in [3.05, 3.63) is 89.5 Å². The van der Waals surface area contributed by atoms with Crippen molar-refractivity contribution in [3.8, 4) is 16.9 Å². The molecule has 3 aromatic rings. The van der Waals surface area contributed by atoms with Gasteiger partial charge in [0.2, 0.25) is 0 Å². The first kappa shape index (κ1) is 39.7. The molecule has 0 saturated carbocycles. The van der Waals surface area contributed by atoms with Gasteiger partial charge in [-0.1, -0.05) is 60.7 Å². The van der Waals surface area contributed by atoms with Crippen LogP contribution in [0.5, 0.6) is 5.75 Å². The highest BCUT2D eigenvalue weighted by molar-refractivity contribution is 5.81. The van der Waals surface area contributed by atoms with Crippen molar-refractivity contribution in [1.82, 2.24) is 10.2 Å². The second-order valence-electron chi connectivity index (χ2n) is 15.2. The summed E-state index contributed by atoms with van der Waals surface area (Å²) in [4.78, 5) is 45.4. The predicted molar refractivity (Wildman–Crippen MR) is 202 cm³/mol. The van der Waals surface area contributed by atoms with Crippen LogP contribution < -0.4 is 15.8 Å². The van der Waals surface area contributed by atoms with Crippen molar-refractivity contribution in [2.24, 2.45) is 16.6 Å². The Balaban J connectivity index is 1.56. The highest BCUT2D eigenvalue weighted by atomic mass is 16.6. The van der Waals surface area contributed by atoms with Crippen molar-refractivity contribution in [2.75, 3.05) is 26.7 Å². The minimum Gasteiger partial charge on any atom is -0.488 e. The van der Waals surface area contributed by atoms with E-state index in [1.807, 2.05) is 45.0 Å². The molecule has 2 atom stereocenters. The van der Waals surface area contributed by atoms with Gasteiger partial charge in [-0.15, -0.1) is 0 Å². The molecule has 11 nitrogen and oxygen atoms in total. The number of benzene rings is 3. The van der Waals surface area contributed by atoms with Crippen molar-refractivity contribution in [2.45, 2.75) is 90.4 Å². The summed E-state index contributed by atoms with van der Waals surface area (Å²) in [6.45, 7) is 11.6. The third-order valence-electron chi connectivity index (χ3n) is 8.69. The lowest BCUT2D eigenvalue weighted by atomic mass is 9.96. The minimum absolute atomic E-state index is 0.0209. The first-order valence-corrected chi connectivity index (χ1v) is 17.8. The number of nitrogens with two attached hydrogens (primary N) is 1. The Morgan fingerprint density at radius 1 is 0.904 bits per heavy atom. The number of carboxylic acid groups (broad SMARTS) is 1. The lowest BCUT2D eigenvalue weighted by Gasteiger charge is -2.34. The van der Waals surface area contributed by atoms with Gasteiger partial charge in [0.15, 0.2) is 5.96 Å². The van der Waals surface area contributed by atoms with Crippen LogP contribution in [-0.2, 0) is 25.5 Å². The minimum atomic E-state index is -1.27. The van der Waals surface area contributed by atoms with Crippen LogP contribution in [0.3, 0.4) is 0 Å². The SMILES string of the molecule is CN=C(N)NCCC[C@H](CC(=O)OCC1c2ccccc2-c2ccccc21)CN(C(=O)OC(C)(C)C)[C@@H](Cc1ccc(OC(C)(C)C)cc1)C(=O)O. The van der Waals surface area contributed by atoms with E-state index in [0.717, 1.165) is 22.3 Å². The lowest BCUT2D eigenvalue weighted by Crippen LogP contribution is -2.50. The summed E-state index contributed by atoms with van der Waals surface area (Å²) in [5, 5.41) is 13.5. The zero-order valence-electron chi connectivity index (χ0n) is 31.5. The Hall–Kier alpha value is -5.06. The van der Waals surface area contributed by atoms with Gasteiger partial charge in [0.1, 0.15) is 29.6 Å². The van der Waals surface area contributed by atoms with E-state index in [9.17, 15) is 19.5 Å². The average Bonchev–Trinajstić information content (AvgIpc) is 3.39. The number of amides is 1. The molecule has 280 valence electrons. The average molecular weight is 715 g/mol. The van der Waals surface area contributed by atoms with E-state index in [2.05, 4.69) is 34.6 Å². The van der Waals surface area contributed by atoms with Gasteiger partial charge in [-0.3, -0.25) is 14.7 Å². The van der Waals surface area contributed by atoms with E-state index in [-0.39, 0.29) is 37.9 Å². The van der Waals surface area contributed by atoms with Gasteiger partial charge in [-0.25, -0.2) is 9.59 Å². The number of esters is 1. The molecule has 0 spiro atoms. The molecular weight excluding hydrogens is 660 g/mol. The molecule has 0 radical (unpaired) electrons. The van der Waals surface area contributed by atoms with Gasteiger partial charge < -0.3 is 30.4 Å². The quantitative estimate of drug-likeness (QED) is 0.0670. The summed E-state index contributed by atoms with van der Waals surface area (Å²) >= 11 is 0. The Labute approximate surface area is 307 Å². The fourth-order valence-corrected chi connectivity index (χ4v) is 6.38. The predicted octanol–water partition coefficient (Wildman–Crippen LogP) is 6.77. The highest BCUT2D eigenvalue weighted by Gasteiger charge is 2.36. The van der Waals surface area contributed by atoms with Crippen LogP contribution >= 0.6 is 0 Å². The normalized spacial score (nSPS) is 14.1. The summed E-state index contributed by atoms with van der Waals surface area (Å²) in [5.41, 5.74) is 9.71. The third kappa shape index (κ3) is 11.5. The topological polar surface area (TPSA) is 153 Å². The molecule has 1 amide bonds. The molecule has 52 heavy (non-hydrogen) atoms. The van der Waals surface area contributed by atoms with Crippen molar-refractivity contribution in [3.63, 3.8) is 0 Å². The van der Waals surface area contributed by atoms with Crippen LogP contribution in [0.4, 0.5) is 4.79 Å². The molecule has 0 bridgehead atoms. The largest absolute Gasteiger partial charge is 0.488 e. The van der Waals surface area contributed by atoms with E-state index in [1.165, 1.54) is 4.90 Å². The number of nitrogens with one attached hydrogen (secondary N) is 1. The van der Waals surface area contributed by atoms with E-state index in [0.29, 0.717) is 30.7 Å². The zero-order chi connectivity index (χ0) is 38.1. The van der Waals surface area contributed by atoms with Crippen LogP contribution in [0.2, 0.25) is 0 Å². The van der Waals surface area contributed by atoms with E-state index >= 15 is 0 Å². The zero-order valence-corrected chi connectivity index (χ0v) is 31.5. The molecule has 0 aromatic heterocycles. The maximum atomic E-state index is 13.8. The monoisotopic (exact) mass is 714 g/mol. The van der Waals surface area contributed by atoms with Crippen LogP contribution in [0, 0.1) is 5.92 Å². The molecule has 0 aliphatic heterocycles. The fraction of sp³-hybridized carbons (Fsp3) is 0.463. The highest BCUT2D eigenvalue weighted by Crippen LogP contribution is 2.44. The number of hydrogen-bond acceptors (Lipinski definition) is 7. The van der Waals surface area contributed by atoms with E-state index < -0.39 is 41.2 Å². The van der Waals surface area contributed by atoms with Gasteiger partial charge in [-0.2, -0.15) is 0 Å². The number of carbonyl (C=O) groups excluding carboxylic acids is 2. The standard InChI is InChI=1S/C41H54N4O7/c1-40(2,3)51-29-20-18-27(19-21-29)23-35(37(47)48)45(39(49)52-41(4,5)6)25-28(13-12-22-44-38(42)43-7)24-36(46)50-26-34-32-16-10-8-14-30(32)31-15-9-11-17-33(31)34/h8-11,14-21,28,34-35H,12-13,22-26H2,1-7H3,(H,47,48)(H3,42,43,44)/t28-,35+/m1/s1. The second-order valence-corrected chi connectivity index (χ2v) is 15.2. The van der Waals surface area contributed by atoms with E-state index in [4.69, 9.17) is 19.9 Å². The summed E-state index contributed by atoms with van der Waals surface area (Å²) in [6, 6.07) is 22.1. The number of carbonyl (C=O) groups is 3. The summed E-state index contributed by atoms with van der Waals surface area (Å²) in [7, 11) is 1.58. The molecule has 0 saturated heterocycles. The summed E-state index contributed by atoms with van der Waals surface area (Å²) in [5.74, 6) is -1.24. The molecule has 4 N–H and O–H groups in total. The maximum absolute atomic E-state index is 13.8. The lowest BCUT2D eigenvalue weighted by molar-refractivity contribution is -0.145. The Morgan fingerprint density at radius 3 is 2.04 bits per heavy atom. The smallest absolute Gasteiger partial charge is 0.411 e. The molecule has 0 heterocycles.